The third-order valence-electron chi connectivity index (χ3n) is 4.11. The zero-order valence-electron chi connectivity index (χ0n) is 14.3. The van der Waals surface area contributed by atoms with Crippen LogP contribution in [0.2, 0.25) is 0 Å². The van der Waals surface area contributed by atoms with Gasteiger partial charge in [-0.1, -0.05) is 18.2 Å². The summed E-state index contributed by atoms with van der Waals surface area (Å²) < 4.78 is 20.1. The highest BCUT2D eigenvalue weighted by Gasteiger charge is 2.15. The van der Waals surface area contributed by atoms with Gasteiger partial charge in [0.15, 0.2) is 5.76 Å². The third kappa shape index (κ3) is 3.64. The second-order valence-corrected chi connectivity index (χ2v) is 5.95. The first-order valence-corrected chi connectivity index (χ1v) is 8.42. The lowest BCUT2D eigenvalue weighted by Crippen LogP contribution is -2.22. The number of hydrogen-bond donors (Lipinski definition) is 1. The molecule has 4 aromatic rings. The van der Waals surface area contributed by atoms with Gasteiger partial charge in [-0.25, -0.2) is 9.07 Å². The number of nitrogens with zero attached hydrogens (tertiary/aromatic N) is 2. The molecule has 0 aliphatic rings. The predicted molar refractivity (Wildman–Crippen MR) is 98.8 cm³/mol. The Kier molecular flexibility index (Phi) is 4.53. The number of para-hydroxylation sites is 1. The highest BCUT2D eigenvalue weighted by molar-refractivity contribution is 5.91. The van der Waals surface area contributed by atoms with Crippen LogP contribution in [0.1, 0.15) is 16.1 Å². The van der Waals surface area contributed by atoms with E-state index in [1.165, 1.54) is 18.4 Å². The number of hydrogen-bond acceptors (Lipinski definition) is 3. The third-order valence-corrected chi connectivity index (χ3v) is 4.11. The van der Waals surface area contributed by atoms with E-state index in [-0.39, 0.29) is 24.0 Å². The van der Waals surface area contributed by atoms with E-state index in [4.69, 9.17) is 4.42 Å². The van der Waals surface area contributed by atoms with Crippen LogP contribution in [-0.4, -0.2) is 15.7 Å². The average Bonchev–Trinajstić information content (AvgIpc) is 3.38. The second kappa shape index (κ2) is 7.29. The van der Waals surface area contributed by atoms with E-state index in [1.807, 2.05) is 36.5 Å². The number of rotatable bonds is 5. The molecule has 0 spiro atoms. The lowest BCUT2D eigenvalue weighted by atomic mass is 10.1. The molecule has 0 bridgehead atoms. The van der Waals surface area contributed by atoms with Crippen molar-refractivity contribution < 1.29 is 13.6 Å². The smallest absolute Gasteiger partial charge is 0.287 e. The Labute approximate surface area is 155 Å². The number of amides is 1. The molecule has 2 aromatic heterocycles. The molecule has 0 atom stereocenters. The lowest BCUT2D eigenvalue weighted by Gasteiger charge is -2.04. The van der Waals surface area contributed by atoms with Gasteiger partial charge in [-0.2, -0.15) is 5.10 Å². The van der Waals surface area contributed by atoms with E-state index in [0.717, 1.165) is 16.8 Å². The van der Waals surface area contributed by atoms with Crippen LogP contribution < -0.4 is 5.32 Å². The Morgan fingerprint density at radius 3 is 2.52 bits per heavy atom. The maximum atomic E-state index is 13.3. The molecule has 2 aromatic carbocycles. The summed E-state index contributed by atoms with van der Waals surface area (Å²) in [5, 5.41) is 7.47. The van der Waals surface area contributed by atoms with Crippen molar-refractivity contribution in [2.24, 2.45) is 0 Å². The minimum Gasteiger partial charge on any atom is -0.459 e. The van der Waals surface area contributed by atoms with Crippen molar-refractivity contribution >= 4 is 5.91 Å². The van der Waals surface area contributed by atoms with Crippen molar-refractivity contribution in [3.63, 3.8) is 0 Å². The normalized spacial score (nSPS) is 10.7. The molecule has 4 rings (SSSR count). The van der Waals surface area contributed by atoms with Gasteiger partial charge in [0.2, 0.25) is 0 Å². The summed E-state index contributed by atoms with van der Waals surface area (Å²) in [5.74, 6) is -0.375. The molecule has 6 heteroatoms. The zero-order chi connectivity index (χ0) is 18.6. The first-order chi connectivity index (χ1) is 13.2. The summed E-state index contributed by atoms with van der Waals surface area (Å²) in [7, 11) is 0. The number of carbonyl (C=O) groups excluding carboxylic acids is 1. The minimum absolute atomic E-state index is 0.244. The van der Waals surface area contributed by atoms with E-state index in [0.29, 0.717) is 5.69 Å². The van der Waals surface area contributed by atoms with Gasteiger partial charge < -0.3 is 9.73 Å². The molecule has 134 valence electrons. The molecule has 0 aliphatic carbocycles. The summed E-state index contributed by atoms with van der Waals surface area (Å²) in [6.45, 7) is 0.263. The molecule has 0 saturated heterocycles. The van der Waals surface area contributed by atoms with Crippen LogP contribution in [0.25, 0.3) is 16.9 Å². The molecule has 5 nitrogen and oxygen atoms in total. The van der Waals surface area contributed by atoms with Gasteiger partial charge in [0.25, 0.3) is 5.91 Å². The maximum Gasteiger partial charge on any atom is 0.287 e. The molecular weight excluding hydrogens is 345 g/mol. The van der Waals surface area contributed by atoms with E-state index in [1.54, 1.807) is 28.9 Å². The standard InChI is InChI=1S/C21H16FN3O2/c22-17-10-8-15(9-11-17)20-16(13-23-21(26)19-7-4-12-27-19)14-25(24-20)18-5-2-1-3-6-18/h1-12,14H,13H2,(H,23,26). The van der Waals surface area contributed by atoms with Crippen LogP contribution in [0.15, 0.2) is 83.6 Å². The first kappa shape index (κ1) is 16.8. The highest BCUT2D eigenvalue weighted by Crippen LogP contribution is 2.24. The molecule has 27 heavy (non-hydrogen) atoms. The maximum absolute atomic E-state index is 13.3. The quantitative estimate of drug-likeness (QED) is 0.579. The Morgan fingerprint density at radius 2 is 1.81 bits per heavy atom. The largest absolute Gasteiger partial charge is 0.459 e. The van der Waals surface area contributed by atoms with Gasteiger partial charge in [-0.3, -0.25) is 4.79 Å². The van der Waals surface area contributed by atoms with Gasteiger partial charge in [0.1, 0.15) is 5.82 Å². The number of benzene rings is 2. The van der Waals surface area contributed by atoms with Crippen molar-refractivity contribution in [1.82, 2.24) is 15.1 Å². The van der Waals surface area contributed by atoms with E-state index >= 15 is 0 Å². The SMILES string of the molecule is O=C(NCc1cn(-c2ccccc2)nc1-c1ccc(F)cc1)c1ccco1. The van der Waals surface area contributed by atoms with Crippen molar-refractivity contribution in [3.8, 4) is 16.9 Å². The van der Waals surface area contributed by atoms with Crippen LogP contribution in [0.3, 0.4) is 0 Å². The predicted octanol–water partition coefficient (Wildman–Crippen LogP) is 4.20. The summed E-state index contributed by atoms with van der Waals surface area (Å²) in [6.07, 6.45) is 3.31. The molecule has 0 fully saturated rings. The number of carbonyl (C=O) groups is 1. The van der Waals surface area contributed by atoms with Crippen LogP contribution in [0, 0.1) is 5.82 Å². The summed E-state index contributed by atoms with van der Waals surface area (Å²) in [4.78, 5) is 12.2. The van der Waals surface area contributed by atoms with E-state index in [9.17, 15) is 9.18 Å². The van der Waals surface area contributed by atoms with Gasteiger partial charge in [0, 0.05) is 23.9 Å². The monoisotopic (exact) mass is 361 g/mol. The van der Waals surface area contributed by atoms with Crippen molar-refractivity contribution in [3.05, 3.63) is 96.3 Å². The van der Waals surface area contributed by atoms with Crippen LogP contribution in [-0.2, 0) is 6.54 Å². The minimum atomic E-state index is -0.311. The Bertz CT molecular complexity index is 1040. The van der Waals surface area contributed by atoms with E-state index in [2.05, 4.69) is 10.4 Å². The topological polar surface area (TPSA) is 60.1 Å². The van der Waals surface area contributed by atoms with Gasteiger partial charge in [0.05, 0.1) is 17.6 Å². The van der Waals surface area contributed by atoms with Crippen LogP contribution in [0.5, 0.6) is 0 Å². The molecule has 2 heterocycles. The lowest BCUT2D eigenvalue weighted by molar-refractivity contribution is 0.0923. The fraction of sp³-hybridized carbons (Fsp3) is 0.0476. The Balaban J connectivity index is 1.66. The summed E-state index contributed by atoms with van der Waals surface area (Å²) in [5.41, 5.74) is 3.15. The van der Waals surface area contributed by atoms with E-state index < -0.39 is 0 Å². The molecule has 0 aliphatic heterocycles. The molecule has 1 N–H and O–H groups in total. The fourth-order valence-corrected chi connectivity index (χ4v) is 2.77. The number of nitrogens with one attached hydrogen (secondary N) is 1. The second-order valence-electron chi connectivity index (χ2n) is 5.95. The number of aromatic nitrogens is 2. The van der Waals surface area contributed by atoms with Crippen LogP contribution >= 0.6 is 0 Å². The van der Waals surface area contributed by atoms with Gasteiger partial charge >= 0.3 is 0 Å². The van der Waals surface area contributed by atoms with Crippen molar-refractivity contribution in [1.29, 1.82) is 0 Å². The van der Waals surface area contributed by atoms with Crippen molar-refractivity contribution in [2.75, 3.05) is 0 Å². The highest BCUT2D eigenvalue weighted by atomic mass is 19.1. The average molecular weight is 361 g/mol. The number of halogens is 1. The summed E-state index contributed by atoms with van der Waals surface area (Å²) >= 11 is 0. The molecule has 0 radical (unpaired) electrons. The molecule has 0 saturated carbocycles. The fourth-order valence-electron chi connectivity index (χ4n) is 2.77. The van der Waals surface area contributed by atoms with Crippen molar-refractivity contribution in [2.45, 2.75) is 6.54 Å². The zero-order valence-corrected chi connectivity index (χ0v) is 14.3. The Morgan fingerprint density at radius 1 is 1.04 bits per heavy atom. The van der Waals surface area contributed by atoms with Gasteiger partial charge in [-0.15, -0.1) is 0 Å². The molecule has 1 amide bonds. The number of furan rings is 1. The van der Waals surface area contributed by atoms with Gasteiger partial charge in [-0.05, 0) is 48.5 Å². The first-order valence-electron chi connectivity index (χ1n) is 8.42. The molecular formula is C21H16FN3O2. The van der Waals surface area contributed by atoms with Crippen LogP contribution in [0.4, 0.5) is 4.39 Å². The molecule has 0 unspecified atom stereocenters. The Hall–Kier alpha value is -3.67. The summed E-state index contributed by atoms with van der Waals surface area (Å²) in [6, 6.07) is 19.0.